The number of hydrogen-bond acceptors (Lipinski definition) is 3. The van der Waals surface area contributed by atoms with E-state index in [-0.39, 0.29) is 5.69 Å². The van der Waals surface area contributed by atoms with Gasteiger partial charge < -0.3 is 5.32 Å². The van der Waals surface area contributed by atoms with Crippen LogP contribution in [0.2, 0.25) is 5.02 Å². The van der Waals surface area contributed by atoms with E-state index in [2.05, 4.69) is 5.32 Å². The van der Waals surface area contributed by atoms with Gasteiger partial charge in [0.2, 0.25) is 15.9 Å². The summed E-state index contributed by atoms with van der Waals surface area (Å²) < 4.78 is 64.5. The molecule has 0 atom stereocenters. The van der Waals surface area contributed by atoms with Crippen molar-refractivity contribution in [3.63, 3.8) is 0 Å². The largest absolute Gasteiger partial charge is 0.417 e. The maximum absolute atomic E-state index is 13.0. The number of sulfonamides is 1. The van der Waals surface area contributed by atoms with Crippen LogP contribution in [0.1, 0.15) is 22.3 Å². The van der Waals surface area contributed by atoms with E-state index < -0.39 is 39.2 Å². The fourth-order valence-corrected chi connectivity index (χ4v) is 4.28. The molecule has 0 aromatic heterocycles. The fourth-order valence-electron chi connectivity index (χ4n) is 3.08. The lowest BCUT2D eigenvalue weighted by Crippen LogP contribution is -2.38. The van der Waals surface area contributed by atoms with Crippen LogP contribution >= 0.6 is 11.6 Å². The van der Waals surface area contributed by atoms with Crippen LogP contribution in [-0.4, -0.2) is 27.1 Å². The van der Waals surface area contributed by atoms with E-state index >= 15 is 0 Å². The van der Waals surface area contributed by atoms with E-state index in [1.165, 1.54) is 6.07 Å². The number of alkyl halides is 3. The van der Waals surface area contributed by atoms with Crippen molar-refractivity contribution in [2.45, 2.75) is 26.9 Å². The van der Waals surface area contributed by atoms with E-state index in [0.29, 0.717) is 22.9 Å². The maximum atomic E-state index is 13.0. The van der Waals surface area contributed by atoms with E-state index in [1.54, 1.807) is 26.0 Å². The van der Waals surface area contributed by atoms with Crippen molar-refractivity contribution >= 4 is 38.9 Å². The van der Waals surface area contributed by atoms with Crippen LogP contribution in [0.5, 0.6) is 0 Å². The molecule has 0 unspecified atom stereocenters. The summed E-state index contributed by atoms with van der Waals surface area (Å²) in [7, 11) is -3.83. The number of nitrogens with one attached hydrogen (secondary N) is 1. The van der Waals surface area contributed by atoms with E-state index in [9.17, 15) is 26.4 Å². The van der Waals surface area contributed by atoms with Crippen molar-refractivity contribution < 1.29 is 26.4 Å². The lowest BCUT2D eigenvalue weighted by molar-refractivity contribution is -0.137. The van der Waals surface area contributed by atoms with Gasteiger partial charge in [0, 0.05) is 5.69 Å². The molecular weight excluding hydrogens is 429 g/mol. The summed E-state index contributed by atoms with van der Waals surface area (Å²) in [6.07, 6.45) is -3.73. The monoisotopic (exact) mass is 448 g/mol. The molecule has 0 aliphatic heterocycles. The Labute approximate surface area is 172 Å². The lowest BCUT2D eigenvalue weighted by atomic mass is 10.1. The van der Waals surface area contributed by atoms with Gasteiger partial charge in [-0.2, -0.15) is 13.2 Å². The number of halogens is 4. The number of benzene rings is 2. The highest BCUT2D eigenvalue weighted by molar-refractivity contribution is 7.92. The summed E-state index contributed by atoms with van der Waals surface area (Å²) in [5.41, 5.74) is 1.38. The van der Waals surface area contributed by atoms with Crippen LogP contribution in [0.25, 0.3) is 0 Å². The van der Waals surface area contributed by atoms with Gasteiger partial charge in [-0.3, -0.25) is 9.10 Å². The van der Waals surface area contributed by atoms with Gasteiger partial charge in [0.1, 0.15) is 6.54 Å². The molecule has 0 bridgehead atoms. The van der Waals surface area contributed by atoms with Gasteiger partial charge in [-0.15, -0.1) is 0 Å². The first-order valence-electron chi connectivity index (χ1n) is 8.42. The second-order valence-corrected chi connectivity index (χ2v) is 9.07. The van der Waals surface area contributed by atoms with Crippen LogP contribution in [0.15, 0.2) is 30.3 Å². The molecular formula is C19H20ClF3N2O3S. The molecule has 10 heteroatoms. The van der Waals surface area contributed by atoms with E-state index in [4.69, 9.17) is 11.6 Å². The minimum atomic E-state index is -4.69. The van der Waals surface area contributed by atoms with Crippen molar-refractivity contribution in [3.8, 4) is 0 Å². The summed E-state index contributed by atoms with van der Waals surface area (Å²) >= 11 is 5.57. The minimum absolute atomic E-state index is 0.141. The summed E-state index contributed by atoms with van der Waals surface area (Å²) in [5.74, 6) is -0.787. The predicted octanol–water partition coefficient (Wildman–Crippen LogP) is 4.69. The number of aryl methyl sites for hydroxylation is 3. The van der Waals surface area contributed by atoms with Crippen molar-refractivity contribution in [1.29, 1.82) is 0 Å². The standard InChI is InChI=1S/C19H20ClF3N2O3S/c1-11-7-12(2)18(13(3)8-11)25(29(4,27)28)10-17(26)24-14-5-6-16(20)15(9-14)19(21,22)23/h5-9H,10H2,1-4H3,(H,24,26). The maximum Gasteiger partial charge on any atom is 0.417 e. The fraction of sp³-hybridized carbons (Fsp3) is 0.316. The molecule has 0 spiro atoms. The van der Waals surface area contributed by atoms with Crippen LogP contribution in [0, 0.1) is 20.8 Å². The summed E-state index contributed by atoms with van der Waals surface area (Å²) in [6.45, 7) is 4.72. The van der Waals surface area contributed by atoms with Crippen molar-refractivity contribution in [3.05, 3.63) is 57.6 Å². The molecule has 2 aromatic carbocycles. The zero-order valence-corrected chi connectivity index (χ0v) is 17.8. The highest BCUT2D eigenvalue weighted by atomic mass is 35.5. The smallest absolute Gasteiger partial charge is 0.324 e. The number of nitrogens with zero attached hydrogens (tertiary/aromatic N) is 1. The lowest BCUT2D eigenvalue weighted by Gasteiger charge is -2.26. The molecule has 2 rings (SSSR count). The molecule has 0 saturated heterocycles. The minimum Gasteiger partial charge on any atom is -0.324 e. The number of amides is 1. The van der Waals surface area contributed by atoms with Crippen LogP contribution < -0.4 is 9.62 Å². The van der Waals surface area contributed by atoms with Gasteiger partial charge in [0.05, 0.1) is 22.5 Å². The molecule has 0 aliphatic rings. The molecule has 0 saturated carbocycles. The average Bonchev–Trinajstić information content (AvgIpc) is 2.53. The highest BCUT2D eigenvalue weighted by Gasteiger charge is 2.33. The van der Waals surface area contributed by atoms with Crippen molar-refractivity contribution in [2.24, 2.45) is 0 Å². The van der Waals surface area contributed by atoms with Crippen LogP contribution in [0.3, 0.4) is 0 Å². The Bertz CT molecular complexity index is 1030. The summed E-state index contributed by atoms with van der Waals surface area (Å²) in [4.78, 5) is 12.4. The third kappa shape index (κ3) is 5.63. The number of hydrogen-bond donors (Lipinski definition) is 1. The Kier molecular flexibility index (Phi) is 6.54. The topological polar surface area (TPSA) is 66.5 Å². The normalized spacial score (nSPS) is 12.0. The number of anilines is 2. The molecule has 0 heterocycles. The Morgan fingerprint density at radius 3 is 2.14 bits per heavy atom. The molecule has 5 nitrogen and oxygen atoms in total. The number of rotatable bonds is 5. The van der Waals surface area contributed by atoms with Gasteiger partial charge in [-0.1, -0.05) is 29.3 Å². The van der Waals surface area contributed by atoms with Gasteiger partial charge in [-0.25, -0.2) is 8.42 Å². The molecule has 0 radical (unpaired) electrons. The molecule has 158 valence electrons. The summed E-state index contributed by atoms with van der Waals surface area (Å²) in [5, 5.41) is 1.80. The molecule has 2 aromatic rings. The van der Waals surface area contributed by atoms with E-state index in [1.807, 2.05) is 6.92 Å². The Hall–Kier alpha value is -2.26. The predicted molar refractivity (Wildman–Crippen MR) is 108 cm³/mol. The Morgan fingerprint density at radius 1 is 1.10 bits per heavy atom. The first-order chi connectivity index (χ1) is 13.2. The number of carbonyl (C=O) groups is 1. The SMILES string of the molecule is Cc1cc(C)c(N(CC(=O)Nc2ccc(Cl)c(C(F)(F)F)c2)S(C)(=O)=O)c(C)c1. The van der Waals surface area contributed by atoms with Gasteiger partial charge in [0.15, 0.2) is 0 Å². The van der Waals surface area contributed by atoms with Gasteiger partial charge >= 0.3 is 6.18 Å². The summed E-state index contributed by atoms with van der Waals surface area (Å²) in [6, 6.07) is 6.50. The third-order valence-corrected chi connectivity index (χ3v) is 5.57. The van der Waals surface area contributed by atoms with Gasteiger partial charge in [-0.05, 0) is 50.1 Å². The second kappa shape index (κ2) is 8.23. The highest BCUT2D eigenvalue weighted by Crippen LogP contribution is 2.36. The molecule has 29 heavy (non-hydrogen) atoms. The first kappa shape index (κ1) is 23.0. The molecule has 0 aliphatic carbocycles. The molecule has 0 fully saturated rings. The van der Waals surface area contributed by atoms with E-state index in [0.717, 1.165) is 22.2 Å². The van der Waals surface area contributed by atoms with Crippen molar-refractivity contribution in [2.75, 3.05) is 22.4 Å². The third-order valence-electron chi connectivity index (χ3n) is 4.13. The second-order valence-electron chi connectivity index (χ2n) is 6.76. The van der Waals surface area contributed by atoms with Gasteiger partial charge in [0.25, 0.3) is 0 Å². The Morgan fingerprint density at radius 2 is 1.66 bits per heavy atom. The van der Waals surface area contributed by atoms with Crippen molar-refractivity contribution in [1.82, 2.24) is 0 Å². The molecule has 1 N–H and O–H groups in total. The van der Waals surface area contributed by atoms with Crippen LogP contribution in [0.4, 0.5) is 24.5 Å². The quantitative estimate of drug-likeness (QED) is 0.721. The molecule has 1 amide bonds. The van der Waals surface area contributed by atoms with Crippen LogP contribution in [-0.2, 0) is 21.0 Å². The zero-order valence-electron chi connectivity index (χ0n) is 16.2. The Balaban J connectivity index is 2.34. The number of carbonyl (C=O) groups excluding carboxylic acids is 1. The average molecular weight is 449 g/mol. The first-order valence-corrected chi connectivity index (χ1v) is 10.6. The zero-order chi connectivity index (χ0) is 22.1.